The normalized spacial score (nSPS) is 23.2. The molecule has 3 rings (SSSR count). The van der Waals surface area contributed by atoms with Crippen LogP contribution in [0.4, 0.5) is 5.95 Å². The molecule has 1 saturated carbocycles. The van der Waals surface area contributed by atoms with Crippen molar-refractivity contribution in [3.05, 3.63) is 30.3 Å². The van der Waals surface area contributed by atoms with E-state index >= 15 is 0 Å². The number of anilines is 1. The van der Waals surface area contributed by atoms with Gasteiger partial charge < -0.3 is 10.4 Å². The average Bonchev–Trinajstić information content (AvgIpc) is 2.91. The van der Waals surface area contributed by atoms with Crippen LogP contribution in [0, 0.1) is 0 Å². The fourth-order valence-electron chi connectivity index (χ4n) is 2.47. The number of aliphatic hydroxyl groups excluding tert-OH is 1. The van der Waals surface area contributed by atoms with Crippen molar-refractivity contribution in [2.75, 3.05) is 5.32 Å². The molecule has 1 aliphatic carbocycles. The first-order chi connectivity index (χ1) is 9.34. The first-order valence-electron chi connectivity index (χ1n) is 6.63. The van der Waals surface area contributed by atoms with Gasteiger partial charge >= 0.3 is 0 Å². The van der Waals surface area contributed by atoms with Crippen LogP contribution in [0.15, 0.2) is 30.3 Å². The van der Waals surface area contributed by atoms with Crippen molar-refractivity contribution in [1.82, 2.24) is 20.2 Å². The molecule has 0 spiro atoms. The number of benzene rings is 1. The summed E-state index contributed by atoms with van der Waals surface area (Å²) in [5.74, 6) is 0.581. The maximum atomic E-state index is 9.99. The van der Waals surface area contributed by atoms with Crippen molar-refractivity contribution < 1.29 is 5.11 Å². The Morgan fingerprint density at radius 3 is 2.74 bits per heavy atom. The standard InChI is InChI=1S/C13H17N5O/c19-12-9-5-4-8-11(12)14-13-15-16-17-18(13)10-6-2-1-3-7-10/h1-3,6-7,11-12,19H,4-5,8-9H2,(H,14,15,17). The Balaban J connectivity index is 1.81. The van der Waals surface area contributed by atoms with Crippen molar-refractivity contribution in [2.24, 2.45) is 0 Å². The summed E-state index contributed by atoms with van der Waals surface area (Å²) in [5, 5.41) is 24.9. The predicted octanol–water partition coefficient (Wildman–Crippen LogP) is 1.38. The molecule has 1 aromatic carbocycles. The molecule has 0 radical (unpaired) electrons. The van der Waals surface area contributed by atoms with Gasteiger partial charge in [-0.3, -0.25) is 0 Å². The zero-order valence-corrected chi connectivity index (χ0v) is 10.6. The molecule has 0 bridgehead atoms. The van der Waals surface area contributed by atoms with Crippen LogP contribution in [-0.2, 0) is 0 Å². The van der Waals surface area contributed by atoms with Gasteiger partial charge in [-0.1, -0.05) is 36.1 Å². The molecule has 100 valence electrons. The molecule has 1 aliphatic rings. The number of tetrazole rings is 1. The molecule has 2 unspecified atom stereocenters. The van der Waals surface area contributed by atoms with E-state index in [1.807, 2.05) is 30.3 Å². The summed E-state index contributed by atoms with van der Waals surface area (Å²) >= 11 is 0. The Bertz CT molecular complexity index is 527. The molecule has 1 fully saturated rings. The van der Waals surface area contributed by atoms with Crippen LogP contribution in [0.5, 0.6) is 0 Å². The number of aliphatic hydroxyl groups is 1. The van der Waals surface area contributed by atoms with Gasteiger partial charge in [-0.25, -0.2) is 0 Å². The third-order valence-corrected chi connectivity index (χ3v) is 3.51. The summed E-state index contributed by atoms with van der Waals surface area (Å²) in [5.41, 5.74) is 0.903. The van der Waals surface area contributed by atoms with E-state index in [9.17, 15) is 5.11 Å². The summed E-state index contributed by atoms with van der Waals surface area (Å²) < 4.78 is 1.65. The van der Waals surface area contributed by atoms with Crippen LogP contribution in [0.1, 0.15) is 25.7 Å². The van der Waals surface area contributed by atoms with Crippen LogP contribution >= 0.6 is 0 Å². The molecule has 1 heterocycles. The van der Waals surface area contributed by atoms with E-state index in [2.05, 4.69) is 20.8 Å². The SMILES string of the molecule is OC1CCCCC1Nc1nnnn1-c1ccccc1. The van der Waals surface area contributed by atoms with Crippen molar-refractivity contribution in [3.63, 3.8) is 0 Å². The lowest BCUT2D eigenvalue weighted by Gasteiger charge is -2.28. The largest absolute Gasteiger partial charge is 0.391 e. The number of hydrogen-bond acceptors (Lipinski definition) is 5. The molecule has 19 heavy (non-hydrogen) atoms. The van der Waals surface area contributed by atoms with Crippen LogP contribution < -0.4 is 5.32 Å². The van der Waals surface area contributed by atoms with E-state index in [-0.39, 0.29) is 12.1 Å². The Hall–Kier alpha value is -1.95. The average molecular weight is 259 g/mol. The first-order valence-corrected chi connectivity index (χ1v) is 6.63. The number of nitrogens with one attached hydrogen (secondary N) is 1. The van der Waals surface area contributed by atoms with Gasteiger partial charge in [0.2, 0.25) is 5.95 Å². The monoisotopic (exact) mass is 259 g/mol. The molecule has 6 nitrogen and oxygen atoms in total. The van der Waals surface area contributed by atoms with Crippen LogP contribution in [0.3, 0.4) is 0 Å². The highest BCUT2D eigenvalue weighted by molar-refractivity contribution is 5.39. The van der Waals surface area contributed by atoms with Gasteiger partial charge in [0, 0.05) is 0 Å². The summed E-state index contributed by atoms with van der Waals surface area (Å²) in [4.78, 5) is 0. The van der Waals surface area contributed by atoms with E-state index in [0.717, 1.165) is 31.4 Å². The Kier molecular flexibility index (Phi) is 3.41. The fraction of sp³-hybridized carbons (Fsp3) is 0.462. The summed E-state index contributed by atoms with van der Waals surface area (Å²) in [6, 6.07) is 9.75. The number of aromatic nitrogens is 4. The first kappa shape index (κ1) is 12.1. The van der Waals surface area contributed by atoms with Crippen molar-refractivity contribution >= 4 is 5.95 Å². The number of nitrogens with zero attached hydrogens (tertiary/aromatic N) is 4. The summed E-state index contributed by atoms with van der Waals surface area (Å²) in [6.45, 7) is 0. The lowest BCUT2D eigenvalue weighted by Crippen LogP contribution is -2.37. The number of hydrogen-bond donors (Lipinski definition) is 2. The van der Waals surface area contributed by atoms with Crippen molar-refractivity contribution in [1.29, 1.82) is 0 Å². The zero-order valence-electron chi connectivity index (χ0n) is 10.6. The van der Waals surface area contributed by atoms with Crippen molar-refractivity contribution in [3.8, 4) is 5.69 Å². The van der Waals surface area contributed by atoms with E-state index in [4.69, 9.17) is 0 Å². The van der Waals surface area contributed by atoms with Crippen LogP contribution in [0.25, 0.3) is 5.69 Å². The van der Waals surface area contributed by atoms with Gasteiger partial charge in [-0.2, -0.15) is 4.68 Å². The molecule has 2 aromatic rings. The van der Waals surface area contributed by atoms with E-state index in [0.29, 0.717) is 5.95 Å². The topological polar surface area (TPSA) is 75.9 Å². The van der Waals surface area contributed by atoms with Gasteiger partial charge in [0.25, 0.3) is 0 Å². The predicted molar refractivity (Wildman–Crippen MR) is 71.0 cm³/mol. The minimum atomic E-state index is -0.324. The minimum absolute atomic E-state index is 0.0298. The van der Waals surface area contributed by atoms with Gasteiger partial charge in [0.15, 0.2) is 0 Å². The second-order valence-electron chi connectivity index (χ2n) is 4.85. The second-order valence-corrected chi connectivity index (χ2v) is 4.85. The Morgan fingerprint density at radius 1 is 1.16 bits per heavy atom. The number of para-hydroxylation sites is 1. The summed E-state index contributed by atoms with van der Waals surface area (Å²) in [6.07, 6.45) is 3.67. The molecular weight excluding hydrogens is 242 g/mol. The lowest BCUT2D eigenvalue weighted by molar-refractivity contribution is 0.116. The summed E-state index contributed by atoms with van der Waals surface area (Å²) in [7, 11) is 0. The van der Waals surface area contributed by atoms with E-state index < -0.39 is 0 Å². The maximum absolute atomic E-state index is 9.99. The van der Waals surface area contributed by atoms with Gasteiger partial charge in [-0.05, 0) is 35.4 Å². The fourth-order valence-corrected chi connectivity index (χ4v) is 2.47. The highest BCUT2D eigenvalue weighted by atomic mass is 16.3. The molecule has 0 aliphatic heterocycles. The molecule has 2 N–H and O–H groups in total. The highest BCUT2D eigenvalue weighted by Crippen LogP contribution is 2.22. The molecule has 0 amide bonds. The van der Waals surface area contributed by atoms with E-state index in [1.54, 1.807) is 4.68 Å². The van der Waals surface area contributed by atoms with Gasteiger partial charge in [0.1, 0.15) is 0 Å². The Labute approximate surface area is 111 Å². The number of rotatable bonds is 3. The Morgan fingerprint density at radius 2 is 1.95 bits per heavy atom. The molecular formula is C13H17N5O. The highest BCUT2D eigenvalue weighted by Gasteiger charge is 2.24. The van der Waals surface area contributed by atoms with Crippen molar-refractivity contribution in [2.45, 2.75) is 37.8 Å². The lowest BCUT2D eigenvalue weighted by atomic mass is 9.93. The zero-order chi connectivity index (χ0) is 13.1. The third kappa shape index (κ3) is 2.58. The van der Waals surface area contributed by atoms with Crippen LogP contribution in [-0.4, -0.2) is 37.5 Å². The molecule has 6 heteroatoms. The van der Waals surface area contributed by atoms with Gasteiger partial charge in [-0.15, -0.1) is 0 Å². The second kappa shape index (κ2) is 5.36. The minimum Gasteiger partial charge on any atom is -0.391 e. The quantitative estimate of drug-likeness (QED) is 0.871. The maximum Gasteiger partial charge on any atom is 0.248 e. The molecule has 0 saturated heterocycles. The molecule has 2 atom stereocenters. The third-order valence-electron chi connectivity index (χ3n) is 3.51. The van der Waals surface area contributed by atoms with E-state index in [1.165, 1.54) is 0 Å². The van der Waals surface area contributed by atoms with Gasteiger partial charge in [0.05, 0.1) is 17.8 Å². The smallest absolute Gasteiger partial charge is 0.248 e. The van der Waals surface area contributed by atoms with Crippen LogP contribution in [0.2, 0.25) is 0 Å². The molecule has 1 aromatic heterocycles.